The van der Waals surface area contributed by atoms with Crippen LogP contribution < -0.4 is 5.32 Å². The molecule has 13 heavy (non-hydrogen) atoms. The summed E-state index contributed by atoms with van der Waals surface area (Å²) < 4.78 is 0. The Balaban J connectivity index is 1.79. The van der Waals surface area contributed by atoms with Crippen LogP contribution in [0.2, 0.25) is 0 Å². The highest BCUT2D eigenvalue weighted by atomic mass is 15.0. The zero-order valence-electron chi connectivity index (χ0n) is 7.74. The normalized spacial score (nSPS) is 17.8. The summed E-state index contributed by atoms with van der Waals surface area (Å²) in [6.45, 7) is 0.811. The molecule has 0 unspecified atom stereocenters. The number of nitrogens with zero attached hydrogens (tertiary/aromatic N) is 2. The van der Waals surface area contributed by atoms with Gasteiger partial charge in [0.25, 0.3) is 0 Å². The van der Waals surface area contributed by atoms with Crippen molar-refractivity contribution >= 4 is 0 Å². The zero-order chi connectivity index (χ0) is 8.93. The lowest BCUT2D eigenvalue weighted by Gasteiger charge is -2.09. The minimum Gasteiger partial charge on any atom is -0.307 e. The number of nitrogens with one attached hydrogen (secondary N) is 1. The Hall–Kier alpha value is -0.960. The highest BCUT2D eigenvalue weighted by molar-refractivity contribution is 4.88. The van der Waals surface area contributed by atoms with Crippen LogP contribution in [0.25, 0.3) is 0 Å². The Morgan fingerprint density at radius 2 is 1.92 bits per heavy atom. The van der Waals surface area contributed by atoms with E-state index in [1.54, 1.807) is 12.4 Å². The maximum atomic E-state index is 4.17. The highest BCUT2D eigenvalue weighted by Crippen LogP contribution is 2.17. The van der Waals surface area contributed by atoms with E-state index >= 15 is 0 Å². The molecule has 0 amide bonds. The molecule has 1 aliphatic rings. The molecule has 3 nitrogen and oxygen atoms in total. The van der Waals surface area contributed by atoms with Gasteiger partial charge in [-0.05, 0) is 18.9 Å². The molecule has 0 atom stereocenters. The minimum atomic E-state index is 0.698. The highest BCUT2D eigenvalue weighted by Gasteiger charge is 2.13. The van der Waals surface area contributed by atoms with E-state index in [0.29, 0.717) is 6.04 Å². The average molecular weight is 177 g/mol. The first-order valence-electron chi connectivity index (χ1n) is 4.94. The van der Waals surface area contributed by atoms with Crippen molar-refractivity contribution in [3.8, 4) is 0 Å². The van der Waals surface area contributed by atoms with E-state index in [1.807, 2.05) is 6.07 Å². The Labute approximate surface area is 78.6 Å². The first-order valence-corrected chi connectivity index (χ1v) is 4.94. The van der Waals surface area contributed by atoms with Crippen molar-refractivity contribution in [2.45, 2.75) is 38.3 Å². The van der Waals surface area contributed by atoms with E-state index in [2.05, 4.69) is 15.3 Å². The largest absolute Gasteiger partial charge is 0.307 e. The Morgan fingerprint density at radius 1 is 1.23 bits per heavy atom. The number of rotatable bonds is 3. The number of aromatic nitrogens is 2. The first-order chi connectivity index (χ1) is 6.45. The van der Waals surface area contributed by atoms with Crippen LogP contribution in [-0.2, 0) is 6.54 Å². The molecular formula is C10H15N3. The lowest BCUT2D eigenvalue weighted by Crippen LogP contribution is -2.26. The van der Waals surface area contributed by atoms with Gasteiger partial charge in [0.05, 0.1) is 6.54 Å². The third kappa shape index (κ3) is 2.49. The summed E-state index contributed by atoms with van der Waals surface area (Å²) in [5.74, 6) is 0.898. The molecular weight excluding hydrogens is 162 g/mol. The van der Waals surface area contributed by atoms with Crippen LogP contribution >= 0.6 is 0 Å². The van der Waals surface area contributed by atoms with Gasteiger partial charge in [0.2, 0.25) is 0 Å². The Bertz CT molecular complexity index is 242. The fraction of sp³-hybridized carbons (Fsp3) is 0.600. The number of hydrogen-bond donors (Lipinski definition) is 1. The van der Waals surface area contributed by atoms with Crippen molar-refractivity contribution in [3.63, 3.8) is 0 Å². The molecule has 70 valence electrons. The summed E-state index contributed by atoms with van der Waals surface area (Å²) in [5.41, 5.74) is 0. The van der Waals surface area contributed by atoms with Gasteiger partial charge < -0.3 is 5.32 Å². The molecule has 1 aromatic heterocycles. The van der Waals surface area contributed by atoms with Crippen LogP contribution in [0.3, 0.4) is 0 Å². The van der Waals surface area contributed by atoms with Crippen molar-refractivity contribution in [2.24, 2.45) is 0 Å². The van der Waals surface area contributed by atoms with E-state index in [4.69, 9.17) is 0 Å². The summed E-state index contributed by atoms with van der Waals surface area (Å²) in [7, 11) is 0. The summed E-state index contributed by atoms with van der Waals surface area (Å²) >= 11 is 0. The van der Waals surface area contributed by atoms with Crippen LogP contribution in [0.15, 0.2) is 18.5 Å². The maximum Gasteiger partial charge on any atom is 0.141 e. The van der Waals surface area contributed by atoms with Crippen molar-refractivity contribution in [1.82, 2.24) is 15.3 Å². The summed E-state index contributed by atoms with van der Waals surface area (Å²) in [5, 5.41) is 3.47. The molecule has 0 aliphatic heterocycles. The molecule has 0 spiro atoms. The molecule has 0 radical (unpaired) electrons. The van der Waals surface area contributed by atoms with Crippen LogP contribution in [0.5, 0.6) is 0 Å². The molecule has 0 bridgehead atoms. The van der Waals surface area contributed by atoms with Gasteiger partial charge >= 0.3 is 0 Å². The van der Waals surface area contributed by atoms with Crippen molar-refractivity contribution in [3.05, 3.63) is 24.3 Å². The minimum absolute atomic E-state index is 0.698. The van der Waals surface area contributed by atoms with Crippen LogP contribution in [-0.4, -0.2) is 16.0 Å². The summed E-state index contributed by atoms with van der Waals surface area (Å²) in [6, 6.07) is 2.54. The molecule has 2 rings (SSSR count). The van der Waals surface area contributed by atoms with Crippen LogP contribution in [0, 0.1) is 0 Å². The second kappa shape index (κ2) is 4.33. The standard InChI is InChI=1S/C10H15N3/c1-2-5-9(4-1)13-8-10-11-6-3-7-12-10/h3,6-7,9,13H,1-2,4-5,8H2. The molecule has 0 aromatic carbocycles. The van der Waals surface area contributed by atoms with E-state index in [9.17, 15) is 0 Å². The molecule has 1 heterocycles. The van der Waals surface area contributed by atoms with Gasteiger partial charge in [-0.25, -0.2) is 9.97 Å². The van der Waals surface area contributed by atoms with Gasteiger partial charge in [-0.1, -0.05) is 12.8 Å². The summed E-state index contributed by atoms with van der Waals surface area (Å²) in [4.78, 5) is 8.33. The molecule has 3 heteroatoms. The SMILES string of the molecule is c1cnc(CNC2CCCC2)nc1. The van der Waals surface area contributed by atoms with Crippen LogP contribution in [0.1, 0.15) is 31.5 Å². The van der Waals surface area contributed by atoms with Crippen molar-refractivity contribution in [1.29, 1.82) is 0 Å². The third-order valence-corrected chi connectivity index (χ3v) is 2.52. The molecule has 1 aromatic rings. The Morgan fingerprint density at radius 3 is 2.62 bits per heavy atom. The fourth-order valence-corrected chi connectivity index (χ4v) is 1.79. The fourth-order valence-electron chi connectivity index (χ4n) is 1.79. The van der Waals surface area contributed by atoms with Gasteiger partial charge in [-0.2, -0.15) is 0 Å². The van der Waals surface area contributed by atoms with Crippen molar-refractivity contribution < 1.29 is 0 Å². The van der Waals surface area contributed by atoms with E-state index < -0.39 is 0 Å². The lowest BCUT2D eigenvalue weighted by molar-refractivity contribution is 0.513. The van der Waals surface area contributed by atoms with Gasteiger partial charge in [0, 0.05) is 18.4 Å². The Kier molecular flexibility index (Phi) is 2.87. The maximum absolute atomic E-state index is 4.17. The second-order valence-electron chi connectivity index (χ2n) is 3.53. The quantitative estimate of drug-likeness (QED) is 0.760. The van der Waals surface area contributed by atoms with Gasteiger partial charge in [-0.3, -0.25) is 0 Å². The van der Waals surface area contributed by atoms with Gasteiger partial charge in [-0.15, -0.1) is 0 Å². The summed E-state index contributed by atoms with van der Waals surface area (Å²) in [6.07, 6.45) is 8.94. The topological polar surface area (TPSA) is 37.8 Å². The zero-order valence-corrected chi connectivity index (χ0v) is 7.74. The predicted octanol–water partition coefficient (Wildman–Crippen LogP) is 1.51. The molecule has 1 N–H and O–H groups in total. The average Bonchev–Trinajstić information content (AvgIpc) is 2.69. The van der Waals surface area contributed by atoms with Crippen molar-refractivity contribution in [2.75, 3.05) is 0 Å². The molecule has 1 saturated carbocycles. The second-order valence-corrected chi connectivity index (χ2v) is 3.53. The van der Waals surface area contributed by atoms with Gasteiger partial charge in [0.15, 0.2) is 0 Å². The lowest BCUT2D eigenvalue weighted by atomic mass is 10.2. The van der Waals surface area contributed by atoms with E-state index in [-0.39, 0.29) is 0 Å². The first kappa shape index (κ1) is 8.63. The predicted molar refractivity (Wildman–Crippen MR) is 51.1 cm³/mol. The van der Waals surface area contributed by atoms with Crippen LogP contribution in [0.4, 0.5) is 0 Å². The van der Waals surface area contributed by atoms with E-state index in [1.165, 1.54) is 25.7 Å². The smallest absolute Gasteiger partial charge is 0.141 e. The monoisotopic (exact) mass is 177 g/mol. The van der Waals surface area contributed by atoms with E-state index in [0.717, 1.165) is 12.4 Å². The third-order valence-electron chi connectivity index (χ3n) is 2.52. The number of hydrogen-bond acceptors (Lipinski definition) is 3. The molecule has 1 fully saturated rings. The van der Waals surface area contributed by atoms with Gasteiger partial charge in [0.1, 0.15) is 5.82 Å². The molecule has 1 aliphatic carbocycles. The molecule has 0 saturated heterocycles.